The second kappa shape index (κ2) is 12.6. The summed E-state index contributed by atoms with van der Waals surface area (Å²) in [5.74, 6) is -1.63. The lowest BCUT2D eigenvalue weighted by Gasteiger charge is -2.12. The zero-order valence-electron chi connectivity index (χ0n) is 21.4. The number of rotatable bonds is 12. The van der Waals surface area contributed by atoms with Crippen LogP contribution in [0.4, 0.5) is 4.39 Å². The van der Waals surface area contributed by atoms with E-state index in [1.165, 1.54) is 18.2 Å². The molecular weight excluding hydrogens is 594 g/mol. The van der Waals surface area contributed by atoms with Gasteiger partial charge in [-0.05, 0) is 34.9 Å². The molecule has 0 radical (unpaired) electrons. The fraction of sp³-hybridized carbons (Fsp3) is 0.192. The van der Waals surface area contributed by atoms with Crippen molar-refractivity contribution in [2.45, 2.75) is 24.2 Å². The van der Waals surface area contributed by atoms with Crippen LogP contribution in [-0.2, 0) is 44.7 Å². The number of halogens is 1. The molecule has 2 heterocycles. The van der Waals surface area contributed by atoms with Crippen LogP contribution in [0.3, 0.4) is 0 Å². The minimum atomic E-state index is -4.18. The Kier molecular flexibility index (Phi) is 8.94. The van der Waals surface area contributed by atoms with Crippen molar-refractivity contribution < 1.29 is 30.7 Å². The summed E-state index contributed by atoms with van der Waals surface area (Å²) in [7, 11) is -2.55. The van der Waals surface area contributed by atoms with Gasteiger partial charge in [-0.15, -0.1) is 21.5 Å². The van der Waals surface area contributed by atoms with Gasteiger partial charge in [-0.1, -0.05) is 48.5 Å². The van der Waals surface area contributed by atoms with Gasteiger partial charge in [-0.2, -0.15) is 4.83 Å². The Bertz CT molecular complexity index is 1790. The normalized spacial score (nSPS) is 13.4. The van der Waals surface area contributed by atoms with Crippen LogP contribution in [0.5, 0.6) is 0 Å². The molecule has 214 valence electrons. The topological polar surface area (TPSA) is 159 Å². The van der Waals surface area contributed by atoms with Crippen LogP contribution in [0.1, 0.15) is 33.2 Å². The number of methoxy groups -OCH3 is 1. The quantitative estimate of drug-likeness (QED) is 0.156. The Balaban J connectivity index is 1.52. The molecule has 0 spiro atoms. The van der Waals surface area contributed by atoms with Crippen LogP contribution < -0.4 is 10.3 Å². The summed E-state index contributed by atoms with van der Waals surface area (Å²) < 4.78 is 74.9. The maximum Gasteiger partial charge on any atom is 0.241 e. The van der Waals surface area contributed by atoms with E-state index in [2.05, 4.69) is 20.6 Å². The molecule has 11 nitrogen and oxygen atoms in total. The number of nitrogens with zero attached hydrogens (tertiary/aromatic N) is 3. The van der Waals surface area contributed by atoms with Gasteiger partial charge >= 0.3 is 0 Å². The van der Waals surface area contributed by atoms with Gasteiger partial charge in [0.2, 0.25) is 11.8 Å². The Labute approximate surface area is 241 Å². The lowest BCUT2D eigenvalue weighted by molar-refractivity contribution is 0.185. The van der Waals surface area contributed by atoms with Crippen molar-refractivity contribution in [3.63, 3.8) is 0 Å². The number of aromatic nitrogens is 3. The van der Waals surface area contributed by atoms with Gasteiger partial charge in [0.1, 0.15) is 10.8 Å². The fourth-order valence-electron chi connectivity index (χ4n) is 4.14. The van der Waals surface area contributed by atoms with E-state index in [0.717, 1.165) is 32.7 Å². The molecule has 0 aliphatic rings. The molecule has 5 rings (SSSR count). The maximum atomic E-state index is 14.4. The number of ether oxygens (including phenoxy) is 1. The smallest absolute Gasteiger partial charge is 0.241 e. The van der Waals surface area contributed by atoms with Gasteiger partial charge in [-0.3, -0.25) is 4.21 Å². The van der Waals surface area contributed by atoms with Gasteiger partial charge < -0.3 is 13.7 Å². The van der Waals surface area contributed by atoms with Crippen molar-refractivity contribution in [2.24, 2.45) is 0 Å². The van der Waals surface area contributed by atoms with Crippen molar-refractivity contribution in [3.05, 3.63) is 100 Å². The lowest BCUT2D eigenvalue weighted by Crippen LogP contribution is -2.32. The molecule has 2 aromatic heterocycles. The Hall–Kier alpha value is -3.44. The highest BCUT2D eigenvalue weighted by atomic mass is 32.2. The minimum absolute atomic E-state index is 0.0126. The summed E-state index contributed by atoms with van der Waals surface area (Å²) in [5, 5.41) is 6.44. The summed E-state index contributed by atoms with van der Waals surface area (Å²) in [4.78, 5) is 6.52. The van der Waals surface area contributed by atoms with E-state index in [9.17, 15) is 21.6 Å². The molecule has 41 heavy (non-hydrogen) atoms. The standard InChI is InChI=1S/C26H24FN5O6S3/c1-37-14-16-6-8-17(9-7-16)18-10-11-21-22(12-18)39-26(29-21)24(25-31-30-23(38-25)13-28-32-40(33)34)41(35,36)15-19-4-2-3-5-20(19)27/h2-12,24,28,32H,13-15H2,1H3,(H,33,34)/p-1. The number of fused-ring (bicyclic) bond motifs is 1. The van der Waals surface area contributed by atoms with Crippen molar-refractivity contribution in [3.8, 4) is 11.1 Å². The third-order valence-corrected chi connectivity index (χ3v) is 9.40. The van der Waals surface area contributed by atoms with E-state index in [1.54, 1.807) is 19.2 Å². The highest BCUT2D eigenvalue weighted by Crippen LogP contribution is 2.38. The first-order valence-electron chi connectivity index (χ1n) is 12.1. The van der Waals surface area contributed by atoms with E-state index in [1.807, 2.05) is 41.2 Å². The fourth-order valence-corrected chi connectivity index (χ4v) is 7.49. The SMILES string of the molecule is COCc1ccc(-c2ccc3nc(C(c4nnc(CNNS(=O)[O-])o4)S(=O)(=O)Cc4ccccc4F)sc3c2)cc1. The average Bonchev–Trinajstić information content (AvgIpc) is 3.57. The largest absolute Gasteiger partial charge is 0.759 e. The van der Waals surface area contributed by atoms with Crippen molar-refractivity contribution in [2.75, 3.05) is 7.11 Å². The van der Waals surface area contributed by atoms with Crippen LogP contribution in [0.2, 0.25) is 0 Å². The first kappa shape index (κ1) is 29.1. The van der Waals surface area contributed by atoms with Crippen LogP contribution in [0.15, 0.2) is 71.1 Å². The molecule has 15 heteroatoms. The van der Waals surface area contributed by atoms with E-state index < -0.39 is 37.9 Å². The third-order valence-electron chi connectivity index (χ3n) is 6.00. The number of hydrogen-bond acceptors (Lipinski definition) is 11. The first-order valence-corrected chi connectivity index (χ1v) is 15.7. The summed E-state index contributed by atoms with van der Waals surface area (Å²) in [6, 6.07) is 19.1. The zero-order valence-corrected chi connectivity index (χ0v) is 23.9. The Morgan fingerprint density at radius 1 is 1.10 bits per heavy atom. The number of benzene rings is 3. The summed E-state index contributed by atoms with van der Waals surface area (Å²) >= 11 is -1.43. The van der Waals surface area contributed by atoms with Crippen LogP contribution in [0.25, 0.3) is 21.3 Å². The molecule has 0 bridgehead atoms. The number of hydrazine groups is 1. The van der Waals surface area contributed by atoms with E-state index in [4.69, 9.17) is 9.15 Å². The van der Waals surface area contributed by atoms with Crippen LogP contribution in [-0.4, -0.2) is 39.5 Å². The zero-order chi connectivity index (χ0) is 29.0. The predicted octanol–water partition coefficient (Wildman–Crippen LogP) is 3.72. The molecule has 2 atom stereocenters. The molecule has 0 amide bonds. The molecule has 0 fully saturated rings. The van der Waals surface area contributed by atoms with Crippen molar-refractivity contribution in [1.82, 2.24) is 25.4 Å². The minimum Gasteiger partial charge on any atom is -0.759 e. The predicted molar refractivity (Wildman–Crippen MR) is 150 cm³/mol. The Morgan fingerprint density at radius 3 is 2.59 bits per heavy atom. The highest BCUT2D eigenvalue weighted by molar-refractivity contribution is 7.91. The van der Waals surface area contributed by atoms with E-state index in [-0.39, 0.29) is 28.9 Å². The molecule has 2 unspecified atom stereocenters. The van der Waals surface area contributed by atoms with Gasteiger partial charge in [0.15, 0.2) is 15.1 Å². The van der Waals surface area contributed by atoms with E-state index in [0.29, 0.717) is 12.1 Å². The lowest BCUT2D eigenvalue weighted by atomic mass is 10.0. The van der Waals surface area contributed by atoms with Gasteiger partial charge in [0.05, 0.1) is 29.1 Å². The van der Waals surface area contributed by atoms with Crippen molar-refractivity contribution in [1.29, 1.82) is 0 Å². The highest BCUT2D eigenvalue weighted by Gasteiger charge is 2.37. The summed E-state index contributed by atoms with van der Waals surface area (Å²) in [6.45, 7) is 0.301. The number of nitrogens with one attached hydrogen (secondary N) is 2. The summed E-state index contributed by atoms with van der Waals surface area (Å²) in [5.41, 5.74) is 5.82. The number of hydrogen-bond donors (Lipinski definition) is 2. The molecule has 0 aliphatic carbocycles. The molecular formula is C26H23FN5O6S3-. The number of sulfone groups is 1. The van der Waals surface area contributed by atoms with Gasteiger partial charge in [0, 0.05) is 23.9 Å². The molecule has 3 aromatic carbocycles. The van der Waals surface area contributed by atoms with Crippen LogP contribution >= 0.6 is 11.3 Å². The van der Waals surface area contributed by atoms with Crippen LogP contribution in [0, 0.1) is 5.82 Å². The molecule has 0 saturated carbocycles. The molecule has 5 aromatic rings. The first-order chi connectivity index (χ1) is 19.7. The Morgan fingerprint density at radius 2 is 1.85 bits per heavy atom. The van der Waals surface area contributed by atoms with E-state index >= 15 is 0 Å². The van der Waals surface area contributed by atoms with Crippen molar-refractivity contribution >= 4 is 42.7 Å². The third kappa shape index (κ3) is 6.90. The maximum absolute atomic E-state index is 14.4. The second-order valence-electron chi connectivity index (χ2n) is 8.87. The van der Waals surface area contributed by atoms with Gasteiger partial charge in [-0.25, -0.2) is 23.2 Å². The molecule has 2 N–H and O–H groups in total. The summed E-state index contributed by atoms with van der Waals surface area (Å²) in [6.07, 6.45) is 0. The number of thiazole rings is 1. The van der Waals surface area contributed by atoms with Gasteiger partial charge in [0.25, 0.3) is 0 Å². The molecule has 0 saturated heterocycles. The monoisotopic (exact) mass is 616 g/mol. The molecule has 0 aliphatic heterocycles. The second-order valence-corrected chi connectivity index (χ2v) is 12.7. The average molecular weight is 617 g/mol.